The van der Waals surface area contributed by atoms with Crippen molar-refractivity contribution in [3.63, 3.8) is 0 Å². The molecule has 37 heavy (non-hydrogen) atoms. The number of aryl methyl sites for hydroxylation is 1. The number of carbonyl (C=O) groups is 2. The minimum atomic E-state index is -0.693. The van der Waals surface area contributed by atoms with Gasteiger partial charge in [-0.1, -0.05) is 60.7 Å². The van der Waals surface area contributed by atoms with Gasteiger partial charge in [-0.25, -0.2) is 14.6 Å². The fourth-order valence-corrected chi connectivity index (χ4v) is 4.60. The van der Waals surface area contributed by atoms with E-state index < -0.39 is 17.9 Å². The maximum atomic E-state index is 13.4. The molecule has 0 aliphatic carbocycles. The highest BCUT2D eigenvalue weighted by Gasteiger charge is 2.39. The van der Waals surface area contributed by atoms with Crippen LogP contribution in [0.3, 0.4) is 0 Å². The molecule has 3 aromatic rings. The number of hydrogen-bond acceptors (Lipinski definition) is 6. The van der Waals surface area contributed by atoms with Crippen LogP contribution in [-0.2, 0) is 25.5 Å². The molecule has 0 spiro atoms. The van der Waals surface area contributed by atoms with Crippen LogP contribution in [-0.4, -0.2) is 35.1 Å². The number of carbonyl (C=O) groups excluding carboxylic acids is 2. The average Bonchev–Trinajstić information content (AvgIpc) is 3.39. The number of nitrogens with zero attached hydrogens (tertiary/aromatic N) is 1. The number of H-pyrrole nitrogens is 1. The molecule has 0 radical (unpaired) electrons. The van der Waals surface area contributed by atoms with Gasteiger partial charge in [-0.15, -0.1) is 0 Å². The quantitative estimate of drug-likeness (QED) is 0.285. The summed E-state index contributed by atoms with van der Waals surface area (Å²) in [6.45, 7) is 5.91. The second kappa shape index (κ2) is 12.2. The molecule has 0 bridgehead atoms. The SMILES string of the molecule is CCOC(=O)C1=C(C)NC(C)=C(C(=O)OCCCCc2ccccc2)C1c1cnc(-c2ccccc2)[nH]1. The van der Waals surface area contributed by atoms with Crippen molar-refractivity contribution >= 4 is 11.9 Å². The van der Waals surface area contributed by atoms with Crippen molar-refractivity contribution in [3.05, 3.63) is 101 Å². The number of aromatic nitrogens is 2. The molecule has 2 aromatic carbocycles. The monoisotopic (exact) mass is 499 g/mol. The van der Waals surface area contributed by atoms with Gasteiger partial charge < -0.3 is 19.8 Å². The van der Waals surface area contributed by atoms with Gasteiger partial charge in [0.2, 0.25) is 0 Å². The van der Waals surface area contributed by atoms with Crippen LogP contribution < -0.4 is 5.32 Å². The number of benzene rings is 2. The topological polar surface area (TPSA) is 93.3 Å². The van der Waals surface area contributed by atoms with Gasteiger partial charge in [0.15, 0.2) is 0 Å². The van der Waals surface area contributed by atoms with Crippen LogP contribution in [0.5, 0.6) is 0 Å². The van der Waals surface area contributed by atoms with Crippen LogP contribution in [0.4, 0.5) is 0 Å². The van der Waals surface area contributed by atoms with Crippen molar-refractivity contribution in [3.8, 4) is 11.4 Å². The molecular formula is C30H33N3O4. The average molecular weight is 500 g/mol. The number of aromatic amines is 1. The van der Waals surface area contributed by atoms with Crippen molar-refractivity contribution in [2.45, 2.75) is 46.0 Å². The van der Waals surface area contributed by atoms with Crippen molar-refractivity contribution in [2.75, 3.05) is 13.2 Å². The number of hydrogen-bond donors (Lipinski definition) is 2. The van der Waals surface area contributed by atoms with E-state index in [1.807, 2.05) is 62.4 Å². The molecule has 0 saturated carbocycles. The van der Waals surface area contributed by atoms with E-state index in [4.69, 9.17) is 9.47 Å². The lowest BCUT2D eigenvalue weighted by Crippen LogP contribution is -2.32. The molecule has 0 saturated heterocycles. The molecule has 7 nitrogen and oxygen atoms in total. The molecule has 4 rings (SSSR count). The van der Waals surface area contributed by atoms with Gasteiger partial charge >= 0.3 is 11.9 Å². The molecule has 0 fully saturated rings. The number of unbranched alkanes of at least 4 members (excludes halogenated alkanes) is 1. The largest absolute Gasteiger partial charge is 0.463 e. The standard InChI is InChI=1S/C30H33N3O4/c1-4-36-29(34)25-20(2)32-21(3)26(30(35)37-18-12-11-15-22-13-7-5-8-14-22)27(25)24-19-31-28(33-24)23-16-9-6-10-17-23/h5-10,13-14,16-17,19,27,32H,4,11-12,15,18H2,1-3H3,(H,31,33). The highest BCUT2D eigenvalue weighted by Crippen LogP contribution is 2.39. The minimum absolute atomic E-state index is 0.227. The lowest BCUT2D eigenvalue weighted by molar-refractivity contribution is -0.140. The van der Waals surface area contributed by atoms with Crippen LogP contribution in [0.25, 0.3) is 11.4 Å². The normalized spacial score (nSPS) is 15.4. The number of dihydropyridines is 1. The van der Waals surface area contributed by atoms with Crippen molar-refractivity contribution in [1.29, 1.82) is 0 Å². The molecule has 1 aromatic heterocycles. The van der Waals surface area contributed by atoms with E-state index in [0.29, 0.717) is 40.7 Å². The molecule has 7 heteroatoms. The van der Waals surface area contributed by atoms with Gasteiger partial charge in [-0.05, 0) is 45.6 Å². The zero-order valence-corrected chi connectivity index (χ0v) is 21.5. The first-order chi connectivity index (χ1) is 18.0. The molecule has 1 aliphatic heterocycles. The zero-order valence-electron chi connectivity index (χ0n) is 21.5. The molecule has 2 heterocycles. The molecule has 1 atom stereocenters. The van der Waals surface area contributed by atoms with Gasteiger partial charge in [-0.3, -0.25) is 0 Å². The Morgan fingerprint density at radius 3 is 2.14 bits per heavy atom. The first-order valence-electron chi connectivity index (χ1n) is 12.7. The molecule has 0 amide bonds. The van der Waals surface area contributed by atoms with Crippen LogP contribution in [0.15, 0.2) is 89.4 Å². The summed E-state index contributed by atoms with van der Waals surface area (Å²) in [6, 6.07) is 19.9. The number of nitrogens with one attached hydrogen (secondary N) is 2. The van der Waals surface area contributed by atoms with Crippen LogP contribution >= 0.6 is 0 Å². The van der Waals surface area contributed by atoms with Crippen molar-refractivity contribution in [2.24, 2.45) is 0 Å². The van der Waals surface area contributed by atoms with Gasteiger partial charge in [0.1, 0.15) is 5.82 Å². The first kappa shape index (κ1) is 25.9. The second-order valence-electron chi connectivity index (χ2n) is 8.99. The second-order valence-corrected chi connectivity index (χ2v) is 8.99. The third-order valence-electron chi connectivity index (χ3n) is 6.37. The third-order valence-corrected chi connectivity index (χ3v) is 6.37. The summed E-state index contributed by atoms with van der Waals surface area (Å²) >= 11 is 0. The van der Waals surface area contributed by atoms with E-state index in [1.165, 1.54) is 5.56 Å². The predicted molar refractivity (Wildman–Crippen MR) is 142 cm³/mol. The zero-order chi connectivity index (χ0) is 26.2. The highest BCUT2D eigenvalue weighted by molar-refractivity contribution is 5.99. The number of esters is 2. The van der Waals surface area contributed by atoms with E-state index in [-0.39, 0.29) is 6.61 Å². The van der Waals surface area contributed by atoms with E-state index in [1.54, 1.807) is 13.1 Å². The Labute approximate surface area is 217 Å². The summed E-state index contributed by atoms with van der Waals surface area (Å²) in [4.78, 5) is 34.3. The van der Waals surface area contributed by atoms with E-state index in [9.17, 15) is 9.59 Å². The number of ether oxygens (including phenoxy) is 2. The molecule has 1 aliphatic rings. The maximum Gasteiger partial charge on any atom is 0.336 e. The maximum absolute atomic E-state index is 13.4. The highest BCUT2D eigenvalue weighted by atomic mass is 16.5. The Balaban J connectivity index is 1.55. The Hall–Kier alpha value is -4.13. The Bertz CT molecular complexity index is 1290. The van der Waals surface area contributed by atoms with E-state index >= 15 is 0 Å². The molecule has 192 valence electrons. The first-order valence-corrected chi connectivity index (χ1v) is 12.7. The third kappa shape index (κ3) is 6.17. The summed E-state index contributed by atoms with van der Waals surface area (Å²) in [5, 5.41) is 3.18. The van der Waals surface area contributed by atoms with E-state index in [0.717, 1.165) is 24.8 Å². The Kier molecular flexibility index (Phi) is 8.56. The number of imidazole rings is 1. The lowest BCUT2D eigenvalue weighted by Gasteiger charge is -2.29. The number of rotatable bonds is 10. The van der Waals surface area contributed by atoms with Gasteiger partial charge in [-0.2, -0.15) is 0 Å². The number of allylic oxidation sites excluding steroid dienone is 2. The van der Waals surface area contributed by atoms with Crippen LogP contribution in [0, 0.1) is 0 Å². The summed E-state index contributed by atoms with van der Waals surface area (Å²) in [5.41, 5.74) is 4.81. The van der Waals surface area contributed by atoms with Crippen LogP contribution in [0.2, 0.25) is 0 Å². The van der Waals surface area contributed by atoms with Gasteiger partial charge in [0, 0.05) is 28.8 Å². The summed E-state index contributed by atoms with van der Waals surface area (Å²) in [6.07, 6.45) is 4.25. The smallest absolute Gasteiger partial charge is 0.336 e. The van der Waals surface area contributed by atoms with Crippen molar-refractivity contribution < 1.29 is 19.1 Å². The van der Waals surface area contributed by atoms with Gasteiger partial charge in [0.05, 0.1) is 30.3 Å². The summed E-state index contributed by atoms with van der Waals surface area (Å²) in [5.74, 6) is -0.975. The lowest BCUT2D eigenvalue weighted by atomic mass is 9.83. The fourth-order valence-electron chi connectivity index (χ4n) is 4.60. The Morgan fingerprint density at radius 2 is 1.49 bits per heavy atom. The molecule has 1 unspecified atom stereocenters. The summed E-state index contributed by atoms with van der Waals surface area (Å²) in [7, 11) is 0. The Morgan fingerprint density at radius 1 is 0.865 bits per heavy atom. The van der Waals surface area contributed by atoms with E-state index in [2.05, 4.69) is 27.4 Å². The van der Waals surface area contributed by atoms with Crippen LogP contribution in [0.1, 0.15) is 50.8 Å². The fraction of sp³-hybridized carbons (Fsp3) is 0.300. The van der Waals surface area contributed by atoms with Crippen molar-refractivity contribution in [1.82, 2.24) is 15.3 Å². The molecule has 2 N–H and O–H groups in total. The van der Waals surface area contributed by atoms with Gasteiger partial charge in [0.25, 0.3) is 0 Å². The molecular weight excluding hydrogens is 466 g/mol. The summed E-state index contributed by atoms with van der Waals surface area (Å²) < 4.78 is 11.1. The predicted octanol–water partition coefficient (Wildman–Crippen LogP) is 5.44. The minimum Gasteiger partial charge on any atom is -0.463 e.